The van der Waals surface area contributed by atoms with Gasteiger partial charge in [0.1, 0.15) is 17.1 Å². The molecule has 0 spiro atoms. The maximum atomic E-state index is 11.9. The Morgan fingerprint density at radius 3 is 2.78 bits per heavy atom. The van der Waals surface area contributed by atoms with Crippen molar-refractivity contribution >= 4 is 60.2 Å². The lowest BCUT2D eigenvalue weighted by Gasteiger charge is -2.48. The fourth-order valence-electron chi connectivity index (χ4n) is 2.58. The van der Waals surface area contributed by atoms with Gasteiger partial charge in [-0.25, -0.2) is 9.48 Å². The lowest BCUT2D eigenvalue weighted by molar-refractivity contribution is -0.147. The number of β-lactam (4-membered cyclic amide) rings is 1. The maximum absolute atomic E-state index is 11.9. The number of carbonyl (C=O) groups excluding carboxylic acids is 1. The molecule has 3 heterocycles. The minimum atomic E-state index is -1.10. The summed E-state index contributed by atoms with van der Waals surface area (Å²) in [7, 11) is 3.93. The van der Waals surface area contributed by atoms with Gasteiger partial charge in [0.2, 0.25) is 11.1 Å². The van der Waals surface area contributed by atoms with Crippen LogP contribution in [0.3, 0.4) is 0 Å². The van der Waals surface area contributed by atoms with E-state index in [1.807, 2.05) is 19.0 Å². The van der Waals surface area contributed by atoms with Crippen molar-refractivity contribution in [1.29, 1.82) is 0 Å². The second-order valence-corrected chi connectivity index (χ2v) is 8.02. The van der Waals surface area contributed by atoms with Gasteiger partial charge >= 0.3 is 5.97 Å². The van der Waals surface area contributed by atoms with Crippen LogP contribution in [0.4, 0.5) is 0 Å². The first-order valence-corrected chi connectivity index (χ1v) is 9.63. The number of likely N-dealkylation sites (N-methyl/N-ethyl adjacent to an activating group) is 1. The van der Waals surface area contributed by atoms with E-state index >= 15 is 0 Å². The molecule has 3 rings (SSSR count). The molecule has 0 bridgehead atoms. The number of rotatable bonds is 7. The number of aromatic nitrogens is 4. The van der Waals surface area contributed by atoms with E-state index in [1.54, 1.807) is 4.68 Å². The number of hydrogen-bond acceptors (Lipinski definition) is 9. The van der Waals surface area contributed by atoms with Crippen molar-refractivity contribution in [3.8, 4) is 0 Å². The number of hydrogen-bond donors (Lipinski definition) is 2. The van der Waals surface area contributed by atoms with E-state index in [9.17, 15) is 14.7 Å². The van der Waals surface area contributed by atoms with E-state index in [0.717, 1.165) is 6.54 Å². The van der Waals surface area contributed by atoms with Crippen molar-refractivity contribution in [2.75, 3.05) is 32.1 Å². The number of carboxylic acid groups (broad SMARTS) is 1. The summed E-state index contributed by atoms with van der Waals surface area (Å²) in [6, 6.07) is -0.619. The minimum absolute atomic E-state index is 0. The van der Waals surface area contributed by atoms with E-state index in [2.05, 4.69) is 15.5 Å². The molecular formula is C13H21Cl2N7O3S2. The number of aliphatic carboxylic acids is 1. The number of carbonyl (C=O) groups is 2. The highest BCUT2D eigenvalue weighted by Gasteiger charge is 2.51. The summed E-state index contributed by atoms with van der Waals surface area (Å²) >= 11 is 2.86. The van der Waals surface area contributed by atoms with Crippen LogP contribution in [-0.2, 0) is 16.1 Å². The SMILES string of the molecule is CN(C)CCn1nnnc1SCC1=C(C(=O)O)N2C(=O)[C@@H](N)[C@H]2SC1.Cl.Cl. The first-order chi connectivity index (χ1) is 11.9. The number of tetrazole rings is 1. The molecule has 14 heteroatoms. The van der Waals surface area contributed by atoms with E-state index in [1.165, 1.54) is 28.4 Å². The molecule has 0 aromatic carbocycles. The monoisotopic (exact) mass is 457 g/mol. The van der Waals surface area contributed by atoms with E-state index in [4.69, 9.17) is 5.73 Å². The van der Waals surface area contributed by atoms with Crippen molar-refractivity contribution in [1.82, 2.24) is 30.0 Å². The minimum Gasteiger partial charge on any atom is -0.477 e. The fraction of sp³-hybridized carbons (Fsp3) is 0.615. The van der Waals surface area contributed by atoms with Crippen molar-refractivity contribution < 1.29 is 14.7 Å². The number of nitrogens with two attached hydrogens (primary N) is 1. The molecular weight excluding hydrogens is 437 g/mol. The largest absolute Gasteiger partial charge is 0.477 e. The second-order valence-electron chi connectivity index (χ2n) is 5.97. The molecule has 10 nitrogen and oxygen atoms in total. The number of nitrogens with zero attached hydrogens (tertiary/aromatic N) is 6. The average Bonchev–Trinajstić information content (AvgIpc) is 3.03. The number of carboxylic acids is 1. The number of fused-ring (bicyclic) bond motifs is 1. The molecule has 0 radical (unpaired) electrons. The molecule has 3 N–H and O–H groups in total. The Morgan fingerprint density at radius 2 is 2.15 bits per heavy atom. The topological polar surface area (TPSA) is 130 Å². The molecule has 1 amide bonds. The third-order valence-corrected chi connectivity index (χ3v) is 6.33. The van der Waals surface area contributed by atoms with Gasteiger partial charge < -0.3 is 15.7 Å². The zero-order valence-corrected chi connectivity index (χ0v) is 17.9. The summed E-state index contributed by atoms with van der Waals surface area (Å²) in [5, 5.41) is 21.5. The first-order valence-electron chi connectivity index (χ1n) is 7.59. The van der Waals surface area contributed by atoms with Gasteiger partial charge in [0.05, 0.1) is 6.54 Å². The van der Waals surface area contributed by atoms with E-state index in [0.29, 0.717) is 28.8 Å². The highest BCUT2D eigenvalue weighted by molar-refractivity contribution is 8.01. The molecule has 0 unspecified atom stereocenters. The highest BCUT2D eigenvalue weighted by atomic mass is 35.5. The summed E-state index contributed by atoms with van der Waals surface area (Å²) in [4.78, 5) is 26.9. The van der Waals surface area contributed by atoms with Gasteiger partial charge in [-0.2, -0.15) is 0 Å². The van der Waals surface area contributed by atoms with Crippen molar-refractivity contribution in [2.24, 2.45) is 5.73 Å². The van der Waals surface area contributed by atoms with Crippen LogP contribution < -0.4 is 5.73 Å². The molecule has 1 fully saturated rings. The van der Waals surface area contributed by atoms with Crippen LogP contribution in [-0.4, -0.2) is 90.6 Å². The van der Waals surface area contributed by atoms with Crippen molar-refractivity contribution in [3.05, 3.63) is 11.3 Å². The van der Waals surface area contributed by atoms with E-state index in [-0.39, 0.29) is 41.8 Å². The van der Waals surface area contributed by atoms with Crippen LogP contribution in [0.2, 0.25) is 0 Å². The van der Waals surface area contributed by atoms with Crippen molar-refractivity contribution in [2.45, 2.75) is 23.1 Å². The van der Waals surface area contributed by atoms with Gasteiger partial charge in [0, 0.05) is 18.1 Å². The molecule has 2 aliphatic rings. The molecule has 0 saturated carbocycles. The lowest BCUT2D eigenvalue weighted by atomic mass is 10.0. The van der Waals surface area contributed by atoms with Crippen LogP contribution in [0.1, 0.15) is 0 Å². The smallest absolute Gasteiger partial charge is 0.352 e. The van der Waals surface area contributed by atoms with Gasteiger partial charge in [0.15, 0.2) is 0 Å². The van der Waals surface area contributed by atoms with Crippen LogP contribution in [0.15, 0.2) is 16.4 Å². The Hall–Kier alpha value is -1.05. The molecule has 2 atom stereocenters. The summed E-state index contributed by atoms with van der Waals surface area (Å²) in [6.45, 7) is 1.43. The predicted octanol–water partition coefficient (Wildman–Crippen LogP) is -0.248. The summed E-state index contributed by atoms with van der Waals surface area (Å²) in [6.07, 6.45) is 0. The standard InChI is InChI=1S/C13H19N7O3S2.2ClH/c1-18(2)3-4-19-13(15-16-17-19)25-6-7-5-24-11-8(14)10(21)20(11)9(7)12(22)23;;/h8,11H,3-6,14H2,1-2H3,(H,22,23);2*1H/t8-,11-;;/m1../s1. The first kappa shape index (κ1) is 24.0. The summed E-state index contributed by atoms with van der Waals surface area (Å²) in [5.41, 5.74) is 6.48. The summed E-state index contributed by atoms with van der Waals surface area (Å²) in [5.74, 6) is -0.514. The molecule has 0 aliphatic carbocycles. The third-order valence-electron chi connectivity index (χ3n) is 3.92. The number of thioether (sulfide) groups is 2. The zero-order valence-electron chi connectivity index (χ0n) is 14.6. The Balaban J connectivity index is 0.00000182. The normalized spacial score (nSPS) is 21.3. The van der Waals surface area contributed by atoms with Crippen molar-refractivity contribution in [3.63, 3.8) is 0 Å². The summed E-state index contributed by atoms with van der Waals surface area (Å²) < 4.78 is 1.69. The van der Waals surface area contributed by atoms with Crippen LogP contribution in [0.5, 0.6) is 0 Å². The van der Waals surface area contributed by atoms with E-state index < -0.39 is 12.0 Å². The molecule has 1 saturated heterocycles. The molecule has 1 aromatic rings. The molecule has 27 heavy (non-hydrogen) atoms. The van der Waals surface area contributed by atoms with Gasteiger partial charge in [-0.3, -0.25) is 9.69 Å². The Kier molecular flexibility index (Phi) is 8.83. The Bertz CT molecular complexity index is 731. The molecule has 2 aliphatic heterocycles. The predicted molar refractivity (Wildman–Crippen MR) is 107 cm³/mol. The highest BCUT2D eigenvalue weighted by Crippen LogP contribution is 2.40. The van der Waals surface area contributed by atoms with Gasteiger partial charge in [0.25, 0.3) is 0 Å². The van der Waals surface area contributed by atoms with Gasteiger partial charge in [-0.05, 0) is 30.1 Å². The maximum Gasteiger partial charge on any atom is 0.352 e. The molecule has 152 valence electrons. The Morgan fingerprint density at radius 1 is 1.44 bits per heavy atom. The average molecular weight is 458 g/mol. The van der Waals surface area contributed by atoms with Crippen LogP contribution >= 0.6 is 48.3 Å². The Labute approximate surface area is 177 Å². The number of amides is 1. The number of halogens is 2. The lowest BCUT2D eigenvalue weighted by Crippen LogP contribution is -2.68. The fourth-order valence-corrected chi connectivity index (χ4v) is 4.91. The molecule has 1 aromatic heterocycles. The third kappa shape index (κ3) is 4.87. The quantitative estimate of drug-likeness (QED) is 0.417. The zero-order chi connectivity index (χ0) is 18.1. The van der Waals surface area contributed by atoms with Gasteiger partial charge in [-0.1, -0.05) is 11.8 Å². The van der Waals surface area contributed by atoms with Gasteiger partial charge in [-0.15, -0.1) is 41.7 Å². The second kappa shape index (κ2) is 9.94. The van der Waals surface area contributed by atoms with Crippen LogP contribution in [0.25, 0.3) is 0 Å². The van der Waals surface area contributed by atoms with Crippen LogP contribution in [0, 0.1) is 0 Å².